The SMILES string of the molecule is O=C1CN(C(=O)CN2CCC(Nc3ccccc3F)CC2)c2ccccc2N1. The normalized spacial score (nSPS) is 17.8. The lowest BCUT2D eigenvalue weighted by atomic mass is 10.0. The number of amides is 2. The summed E-state index contributed by atoms with van der Waals surface area (Å²) < 4.78 is 13.8. The number of carbonyl (C=O) groups excluding carboxylic acids is 2. The standard InChI is InChI=1S/C21H23FN4O2/c22-16-5-1-2-6-17(16)23-15-9-11-25(12-10-15)14-21(28)26-13-20(27)24-18-7-3-4-8-19(18)26/h1-8,15,23H,9-14H2,(H,24,27). The molecule has 146 valence electrons. The molecule has 2 heterocycles. The Balaban J connectivity index is 1.33. The second kappa shape index (κ2) is 7.98. The van der Waals surface area contributed by atoms with Crippen molar-refractivity contribution in [3.63, 3.8) is 0 Å². The van der Waals surface area contributed by atoms with E-state index >= 15 is 0 Å². The second-order valence-corrected chi connectivity index (χ2v) is 7.22. The summed E-state index contributed by atoms with van der Waals surface area (Å²) in [6.45, 7) is 1.81. The molecule has 2 aliphatic rings. The molecule has 2 amide bonds. The number of para-hydroxylation sites is 3. The number of nitrogens with one attached hydrogen (secondary N) is 2. The number of carbonyl (C=O) groups is 2. The average molecular weight is 382 g/mol. The lowest BCUT2D eigenvalue weighted by molar-refractivity contribution is -0.122. The van der Waals surface area contributed by atoms with E-state index in [2.05, 4.69) is 15.5 Å². The Hall–Kier alpha value is -2.93. The van der Waals surface area contributed by atoms with Gasteiger partial charge in [0.2, 0.25) is 11.8 Å². The van der Waals surface area contributed by atoms with Crippen LogP contribution in [0.2, 0.25) is 0 Å². The van der Waals surface area contributed by atoms with Gasteiger partial charge in [-0.05, 0) is 37.1 Å². The fraction of sp³-hybridized carbons (Fsp3) is 0.333. The Morgan fingerprint density at radius 1 is 1.11 bits per heavy atom. The number of halogens is 1. The summed E-state index contributed by atoms with van der Waals surface area (Å²) in [4.78, 5) is 28.4. The van der Waals surface area contributed by atoms with Crippen LogP contribution < -0.4 is 15.5 Å². The van der Waals surface area contributed by atoms with E-state index in [9.17, 15) is 14.0 Å². The van der Waals surface area contributed by atoms with Crippen LogP contribution in [0.1, 0.15) is 12.8 Å². The molecule has 0 unspecified atom stereocenters. The molecule has 2 aromatic rings. The van der Waals surface area contributed by atoms with Crippen LogP contribution in [0.15, 0.2) is 48.5 Å². The molecular formula is C21H23FN4O2. The molecule has 6 nitrogen and oxygen atoms in total. The largest absolute Gasteiger partial charge is 0.380 e. The highest BCUT2D eigenvalue weighted by molar-refractivity contribution is 6.10. The fourth-order valence-electron chi connectivity index (χ4n) is 3.77. The lowest BCUT2D eigenvalue weighted by Gasteiger charge is -2.35. The second-order valence-electron chi connectivity index (χ2n) is 7.22. The van der Waals surface area contributed by atoms with Crippen molar-refractivity contribution in [2.45, 2.75) is 18.9 Å². The summed E-state index contributed by atoms with van der Waals surface area (Å²) in [6, 6.07) is 14.2. The first kappa shape index (κ1) is 18.4. The third-order valence-electron chi connectivity index (χ3n) is 5.25. The van der Waals surface area contributed by atoms with Gasteiger partial charge in [-0.2, -0.15) is 0 Å². The van der Waals surface area contributed by atoms with Gasteiger partial charge in [0.15, 0.2) is 0 Å². The molecule has 2 aromatic carbocycles. The summed E-state index contributed by atoms with van der Waals surface area (Å²) in [5.41, 5.74) is 1.93. The third kappa shape index (κ3) is 3.99. The predicted octanol–water partition coefficient (Wildman–Crippen LogP) is 2.69. The number of benzene rings is 2. The zero-order valence-corrected chi connectivity index (χ0v) is 15.5. The van der Waals surface area contributed by atoms with Gasteiger partial charge in [0.1, 0.15) is 12.4 Å². The van der Waals surface area contributed by atoms with Crippen molar-refractivity contribution in [2.24, 2.45) is 0 Å². The molecular weight excluding hydrogens is 359 g/mol. The number of fused-ring (bicyclic) bond motifs is 1. The van der Waals surface area contributed by atoms with Crippen LogP contribution in [0.3, 0.4) is 0 Å². The van der Waals surface area contributed by atoms with Crippen LogP contribution >= 0.6 is 0 Å². The van der Waals surface area contributed by atoms with Crippen LogP contribution in [0, 0.1) is 5.82 Å². The number of hydrogen-bond donors (Lipinski definition) is 2. The number of piperidine rings is 1. The minimum Gasteiger partial charge on any atom is -0.380 e. The first-order valence-corrected chi connectivity index (χ1v) is 9.53. The van der Waals surface area contributed by atoms with Gasteiger partial charge in [-0.1, -0.05) is 24.3 Å². The number of anilines is 3. The van der Waals surface area contributed by atoms with Gasteiger partial charge < -0.3 is 10.6 Å². The highest BCUT2D eigenvalue weighted by Crippen LogP contribution is 2.29. The monoisotopic (exact) mass is 382 g/mol. The Morgan fingerprint density at radius 2 is 1.82 bits per heavy atom. The van der Waals surface area contributed by atoms with Gasteiger partial charge in [-0.25, -0.2) is 4.39 Å². The number of nitrogens with zero attached hydrogens (tertiary/aromatic N) is 2. The third-order valence-corrected chi connectivity index (χ3v) is 5.25. The molecule has 0 spiro atoms. The maximum Gasteiger partial charge on any atom is 0.244 e. The van der Waals surface area contributed by atoms with E-state index in [1.54, 1.807) is 23.1 Å². The van der Waals surface area contributed by atoms with Crippen molar-refractivity contribution in [1.29, 1.82) is 0 Å². The van der Waals surface area contributed by atoms with Crippen molar-refractivity contribution < 1.29 is 14.0 Å². The smallest absolute Gasteiger partial charge is 0.244 e. The first-order chi connectivity index (χ1) is 13.6. The molecule has 0 radical (unpaired) electrons. The summed E-state index contributed by atoms with van der Waals surface area (Å²) in [7, 11) is 0. The van der Waals surface area contributed by atoms with E-state index in [1.165, 1.54) is 6.07 Å². The van der Waals surface area contributed by atoms with Crippen molar-refractivity contribution in [2.75, 3.05) is 41.7 Å². The zero-order chi connectivity index (χ0) is 19.5. The Kier molecular flexibility index (Phi) is 5.25. The maximum atomic E-state index is 13.8. The molecule has 2 N–H and O–H groups in total. The predicted molar refractivity (Wildman–Crippen MR) is 107 cm³/mol. The fourth-order valence-corrected chi connectivity index (χ4v) is 3.77. The van der Waals surface area contributed by atoms with Gasteiger partial charge >= 0.3 is 0 Å². The molecule has 1 fully saturated rings. The number of likely N-dealkylation sites (tertiary alicyclic amines) is 1. The topological polar surface area (TPSA) is 64.7 Å². The van der Waals surface area contributed by atoms with E-state index in [0.29, 0.717) is 11.4 Å². The highest BCUT2D eigenvalue weighted by Gasteiger charge is 2.29. The molecule has 7 heteroatoms. The molecule has 28 heavy (non-hydrogen) atoms. The van der Waals surface area contributed by atoms with E-state index in [-0.39, 0.29) is 36.8 Å². The lowest BCUT2D eigenvalue weighted by Crippen LogP contribution is -2.49. The van der Waals surface area contributed by atoms with Gasteiger partial charge in [0.05, 0.1) is 23.6 Å². The number of rotatable bonds is 4. The molecule has 1 saturated heterocycles. The van der Waals surface area contributed by atoms with Crippen molar-refractivity contribution >= 4 is 28.9 Å². The Morgan fingerprint density at radius 3 is 2.61 bits per heavy atom. The van der Waals surface area contributed by atoms with Gasteiger partial charge in [-0.3, -0.25) is 19.4 Å². The van der Waals surface area contributed by atoms with E-state index in [0.717, 1.165) is 31.6 Å². The van der Waals surface area contributed by atoms with E-state index < -0.39 is 0 Å². The Bertz CT molecular complexity index is 880. The van der Waals surface area contributed by atoms with E-state index in [4.69, 9.17) is 0 Å². The van der Waals surface area contributed by atoms with Gasteiger partial charge in [-0.15, -0.1) is 0 Å². The minimum atomic E-state index is -0.248. The van der Waals surface area contributed by atoms with Crippen LogP contribution in [-0.4, -0.2) is 48.9 Å². The quantitative estimate of drug-likeness (QED) is 0.853. The zero-order valence-electron chi connectivity index (χ0n) is 15.5. The summed E-state index contributed by atoms with van der Waals surface area (Å²) in [6.07, 6.45) is 1.66. The molecule has 4 rings (SSSR count). The molecule has 0 aromatic heterocycles. The van der Waals surface area contributed by atoms with Gasteiger partial charge in [0, 0.05) is 19.1 Å². The molecule has 0 saturated carbocycles. The summed E-state index contributed by atoms with van der Waals surface area (Å²) >= 11 is 0. The van der Waals surface area contributed by atoms with Crippen molar-refractivity contribution in [3.8, 4) is 0 Å². The van der Waals surface area contributed by atoms with Crippen molar-refractivity contribution in [3.05, 3.63) is 54.3 Å². The molecule has 0 bridgehead atoms. The highest BCUT2D eigenvalue weighted by atomic mass is 19.1. The van der Waals surface area contributed by atoms with E-state index in [1.807, 2.05) is 24.3 Å². The molecule has 2 aliphatic heterocycles. The van der Waals surface area contributed by atoms with Crippen LogP contribution in [0.4, 0.5) is 21.5 Å². The first-order valence-electron chi connectivity index (χ1n) is 9.53. The Labute approximate surface area is 163 Å². The summed E-state index contributed by atoms with van der Waals surface area (Å²) in [5, 5.41) is 6.05. The summed E-state index contributed by atoms with van der Waals surface area (Å²) in [5.74, 6) is -0.509. The molecule has 0 atom stereocenters. The minimum absolute atomic E-state index is 0.0428. The van der Waals surface area contributed by atoms with Crippen molar-refractivity contribution in [1.82, 2.24) is 4.90 Å². The number of hydrogen-bond acceptors (Lipinski definition) is 4. The van der Waals surface area contributed by atoms with Gasteiger partial charge in [0.25, 0.3) is 0 Å². The van der Waals surface area contributed by atoms with Crippen LogP contribution in [0.25, 0.3) is 0 Å². The maximum absolute atomic E-state index is 13.8. The molecule has 0 aliphatic carbocycles. The van der Waals surface area contributed by atoms with Crippen LogP contribution in [-0.2, 0) is 9.59 Å². The van der Waals surface area contributed by atoms with Crippen LogP contribution in [0.5, 0.6) is 0 Å². The average Bonchev–Trinajstić information content (AvgIpc) is 2.70.